The Morgan fingerprint density at radius 3 is 2.50 bits per heavy atom. The Morgan fingerprint density at radius 1 is 1.25 bits per heavy atom. The van der Waals surface area contributed by atoms with Crippen molar-refractivity contribution in [2.24, 2.45) is 0 Å². The predicted octanol–water partition coefficient (Wildman–Crippen LogP) is 2.76. The molecule has 0 atom stereocenters. The molecule has 0 unspecified atom stereocenters. The van der Waals surface area contributed by atoms with Gasteiger partial charge in [0, 0.05) is 24.6 Å². The smallest absolute Gasteiger partial charge is 0.227 e. The molecule has 2 aromatic rings. The Morgan fingerprint density at radius 2 is 1.94 bits per heavy atom. The van der Waals surface area contributed by atoms with Crippen molar-refractivity contribution in [2.45, 2.75) is 19.9 Å². The maximum Gasteiger partial charge on any atom is 0.227 e. The summed E-state index contributed by atoms with van der Waals surface area (Å²) >= 11 is 3.28. The van der Waals surface area contributed by atoms with Crippen LogP contribution in [0.4, 0.5) is 11.6 Å². The average molecular weight is 282 g/mol. The van der Waals surface area contributed by atoms with Gasteiger partial charge >= 0.3 is 0 Å². The third-order valence-electron chi connectivity index (χ3n) is 2.01. The molecule has 0 saturated heterocycles. The van der Waals surface area contributed by atoms with Crippen molar-refractivity contribution in [1.29, 1.82) is 0 Å². The summed E-state index contributed by atoms with van der Waals surface area (Å²) in [7, 11) is 0. The highest BCUT2D eigenvalue weighted by molar-refractivity contribution is 9.10. The molecule has 1 N–H and O–H groups in total. The van der Waals surface area contributed by atoms with Crippen LogP contribution in [0, 0.1) is 0 Å². The molecule has 0 spiro atoms. The zero-order valence-electron chi connectivity index (χ0n) is 9.05. The quantitative estimate of drug-likeness (QED) is 0.940. The van der Waals surface area contributed by atoms with Crippen molar-refractivity contribution in [2.75, 3.05) is 5.32 Å². The second-order valence-corrected chi connectivity index (χ2v) is 4.57. The normalized spacial score (nSPS) is 10.8. The molecule has 0 aliphatic heterocycles. The fourth-order valence-corrected chi connectivity index (χ4v) is 1.40. The second-order valence-electron chi connectivity index (χ2n) is 3.65. The maximum atomic E-state index is 4.22. The number of halogens is 1. The second kappa shape index (κ2) is 4.61. The van der Waals surface area contributed by atoms with Gasteiger partial charge in [-0.2, -0.15) is 5.10 Å². The Balaban J connectivity index is 2.11. The van der Waals surface area contributed by atoms with Gasteiger partial charge in [-0.25, -0.2) is 9.97 Å². The first-order valence-electron chi connectivity index (χ1n) is 4.94. The summed E-state index contributed by atoms with van der Waals surface area (Å²) in [5.41, 5.74) is 0.885. The van der Waals surface area contributed by atoms with E-state index in [0.29, 0.717) is 12.0 Å². The summed E-state index contributed by atoms with van der Waals surface area (Å²) in [5.74, 6) is 0.562. The van der Waals surface area contributed by atoms with E-state index in [0.717, 1.165) is 10.2 Å². The van der Waals surface area contributed by atoms with Crippen LogP contribution in [0.25, 0.3) is 0 Å². The fraction of sp³-hybridized carbons (Fsp3) is 0.300. The molecule has 84 valence electrons. The summed E-state index contributed by atoms with van der Waals surface area (Å²) in [6, 6.07) is 0.349. The van der Waals surface area contributed by atoms with Crippen LogP contribution in [0.2, 0.25) is 0 Å². The lowest BCUT2D eigenvalue weighted by Crippen LogP contribution is -2.00. The zero-order chi connectivity index (χ0) is 11.5. The highest BCUT2D eigenvalue weighted by atomic mass is 79.9. The van der Waals surface area contributed by atoms with Crippen LogP contribution in [0.5, 0.6) is 0 Å². The van der Waals surface area contributed by atoms with Gasteiger partial charge in [0.1, 0.15) is 0 Å². The van der Waals surface area contributed by atoms with Crippen molar-refractivity contribution in [3.63, 3.8) is 0 Å². The van der Waals surface area contributed by atoms with E-state index < -0.39 is 0 Å². The molecule has 5 nitrogen and oxygen atoms in total. The van der Waals surface area contributed by atoms with Crippen molar-refractivity contribution in [3.05, 3.63) is 29.3 Å². The number of rotatable bonds is 3. The Labute approximate surface area is 102 Å². The number of anilines is 2. The van der Waals surface area contributed by atoms with Crippen molar-refractivity contribution >= 4 is 27.6 Å². The van der Waals surface area contributed by atoms with Gasteiger partial charge in [-0.05, 0) is 29.8 Å². The average Bonchev–Trinajstić information content (AvgIpc) is 2.70. The van der Waals surface area contributed by atoms with Crippen LogP contribution >= 0.6 is 15.9 Å². The Hall–Kier alpha value is -1.43. The molecule has 0 aliphatic carbocycles. The van der Waals surface area contributed by atoms with E-state index in [9.17, 15) is 0 Å². The third-order valence-corrected chi connectivity index (χ3v) is 2.42. The SMILES string of the molecule is CC(C)n1cc(Nc2ncc(Br)cn2)cn1. The monoisotopic (exact) mass is 281 g/mol. The lowest BCUT2D eigenvalue weighted by Gasteiger charge is -2.03. The minimum Gasteiger partial charge on any atom is -0.321 e. The molecule has 0 saturated carbocycles. The maximum absolute atomic E-state index is 4.22. The van der Waals surface area contributed by atoms with E-state index in [2.05, 4.69) is 50.2 Å². The van der Waals surface area contributed by atoms with Gasteiger partial charge < -0.3 is 5.32 Å². The number of hydrogen-bond donors (Lipinski definition) is 1. The number of hydrogen-bond acceptors (Lipinski definition) is 4. The van der Waals surface area contributed by atoms with E-state index in [-0.39, 0.29) is 0 Å². The molecule has 0 amide bonds. The van der Waals surface area contributed by atoms with Crippen LogP contribution in [0.3, 0.4) is 0 Å². The Bertz CT molecular complexity index is 462. The molecule has 2 rings (SSSR count). The van der Waals surface area contributed by atoms with Gasteiger partial charge in [0.25, 0.3) is 0 Å². The van der Waals surface area contributed by atoms with Gasteiger partial charge in [-0.15, -0.1) is 0 Å². The van der Waals surface area contributed by atoms with Crippen LogP contribution in [-0.2, 0) is 0 Å². The summed E-state index contributed by atoms with van der Waals surface area (Å²) in [6.45, 7) is 4.15. The molecule has 2 heterocycles. The van der Waals surface area contributed by atoms with E-state index in [1.807, 2.05) is 10.9 Å². The topological polar surface area (TPSA) is 55.6 Å². The standard InChI is InChI=1S/C10H12BrN5/c1-7(2)16-6-9(5-14-16)15-10-12-3-8(11)4-13-10/h3-7H,1-2H3,(H,12,13,15). The van der Waals surface area contributed by atoms with Crippen LogP contribution in [0.15, 0.2) is 29.3 Å². The first kappa shape index (κ1) is 11.1. The molecule has 0 radical (unpaired) electrons. The lowest BCUT2D eigenvalue weighted by molar-refractivity contribution is 0.532. The molecule has 16 heavy (non-hydrogen) atoms. The van der Waals surface area contributed by atoms with Crippen LogP contribution < -0.4 is 5.32 Å². The summed E-state index contributed by atoms with van der Waals surface area (Å²) in [6.07, 6.45) is 7.08. The minimum atomic E-state index is 0.349. The lowest BCUT2D eigenvalue weighted by atomic mass is 10.4. The number of nitrogens with zero attached hydrogens (tertiary/aromatic N) is 4. The molecule has 0 aromatic carbocycles. The first-order valence-corrected chi connectivity index (χ1v) is 5.73. The third kappa shape index (κ3) is 2.57. The number of nitrogens with one attached hydrogen (secondary N) is 1. The van der Waals surface area contributed by atoms with E-state index in [1.165, 1.54) is 0 Å². The van der Waals surface area contributed by atoms with Gasteiger partial charge in [0.05, 0.1) is 16.4 Å². The van der Waals surface area contributed by atoms with Crippen molar-refractivity contribution in [1.82, 2.24) is 19.7 Å². The highest BCUT2D eigenvalue weighted by Crippen LogP contribution is 2.14. The molecule has 2 aromatic heterocycles. The van der Waals surface area contributed by atoms with Crippen molar-refractivity contribution < 1.29 is 0 Å². The largest absolute Gasteiger partial charge is 0.321 e. The predicted molar refractivity (Wildman–Crippen MR) is 65.6 cm³/mol. The van der Waals surface area contributed by atoms with Gasteiger partial charge in [0.2, 0.25) is 5.95 Å². The van der Waals surface area contributed by atoms with Gasteiger partial charge in [-0.3, -0.25) is 4.68 Å². The van der Waals surface area contributed by atoms with Gasteiger partial charge in [-0.1, -0.05) is 0 Å². The summed E-state index contributed by atoms with van der Waals surface area (Å²) < 4.78 is 2.73. The van der Waals surface area contributed by atoms with Crippen LogP contribution in [0.1, 0.15) is 19.9 Å². The molecule has 0 bridgehead atoms. The minimum absolute atomic E-state index is 0.349. The zero-order valence-corrected chi connectivity index (χ0v) is 10.6. The Kier molecular flexibility index (Phi) is 3.19. The molecular formula is C10H12BrN5. The molecule has 0 fully saturated rings. The summed E-state index contributed by atoms with van der Waals surface area (Å²) in [5, 5.41) is 7.30. The van der Waals surface area contributed by atoms with E-state index in [1.54, 1.807) is 18.6 Å². The van der Waals surface area contributed by atoms with Gasteiger partial charge in [0.15, 0.2) is 0 Å². The number of aromatic nitrogens is 4. The van der Waals surface area contributed by atoms with E-state index in [4.69, 9.17) is 0 Å². The van der Waals surface area contributed by atoms with Crippen LogP contribution in [-0.4, -0.2) is 19.7 Å². The fourth-order valence-electron chi connectivity index (χ4n) is 1.19. The summed E-state index contributed by atoms with van der Waals surface area (Å²) in [4.78, 5) is 8.24. The first-order chi connectivity index (χ1) is 7.65. The van der Waals surface area contributed by atoms with Crippen molar-refractivity contribution in [3.8, 4) is 0 Å². The van der Waals surface area contributed by atoms with E-state index >= 15 is 0 Å². The molecule has 6 heteroatoms. The molecule has 0 aliphatic rings. The highest BCUT2D eigenvalue weighted by Gasteiger charge is 2.02. The molecular weight excluding hydrogens is 270 g/mol.